The van der Waals surface area contributed by atoms with Crippen LogP contribution in [0.15, 0.2) is 60.7 Å². The highest BCUT2D eigenvalue weighted by molar-refractivity contribution is 7.80. The molecule has 0 radical (unpaired) electrons. The third-order valence-electron chi connectivity index (χ3n) is 7.13. The number of hydrogen-bond donors (Lipinski definition) is 2. The second-order valence-corrected chi connectivity index (χ2v) is 10.2. The Kier molecular flexibility index (Phi) is 8.02. The van der Waals surface area contributed by atoms with Gasteiger partial charge < -0.3 is 25.2 Å². The first-order chi connectivity index (χ1) is 18.0. The second kappa shape index (κ2) is 11.6. The van der Waals surface area contributed by atoms with E-state index in [1.165, 1.54) is 17.8 Å². The van der Waals surface area contributed by atoms with E-state index in [1.807, 2.05) is 18.2 Å². The lowest BCUT2D eigenvalue weighted by molar-refractivity contribution is 0.0515. The molecule has 2 fully saturated rings. The highest BCUT2D eigenvalue weighted by Crippen LogP contribution is 2.34. The molecule has 2 aliphatic rings. The standard InChI is InChI=1S/C27H30ClFN6OS/c28-23-18-24(35-14-12-34(13-15-35)22-4-2-1-3-5-22)32-25(31-23)33-26(37)30-19-27(10-16-36-17-11-27)20-6-8-21(29)9-7-20/h1-9,18H,10-17,19H2,(H2,30,31,32,33,37). The summed E-state index contributed by atoms with van der Waals surface area (Å²) < 4.78 is 19.1. The molecule has 1 aromatic heterocycles. The molecule has 0 aliphatic carbocycles. The molecule has 0 atom stereocenters. The molecule has 194 valence electrons. The number of piperazine rings is 1. The Labute approximate surface area is 227 Å². The van der Waals surface area contributed by atoms with Gasteiger partial charge in [0.1, 0.15) is 16.8 Å². The smallest absolute Gasteiger partial charge is 0.232 e. The van der Waals surface area contributed by atoms with Crippen LogP contribution in [0.4, 0.5) is 21.8 Å². The van der Waals surface area contributed by atoms with Crippen LogP contribution in [0.3, 0.4) is 0 Å². The van der Waals surface area contributed by atoms with Crippen LogP contribution in [0.2, 0.25) is 5.15 Å². The average Bonchev–Trinajstić information content (AvgIpc) is 2.93. The molecule has 2 aromatic carbocycles. The van der Waals surface area contributed by atoms with Crippen LogP contribution in [0, 0.1) is 5.82 Å². The molecule has 0 saturated carbocycles. The summed E-state index contributed by atoms with van der Waals surface area (Å²) in [5.41, 5.74) is 2.10. The first-order valence-corrected chi connectivity index (χ1v) is 13.3. The highest BCUT2D eigenvalue weighted by atomic mass is 35.5. The van der Waals surface area contributed by atoms with E-state index in [4.69, 9.17) is 28.6 Å². The Morgan fingerprint density at radius 3 is 2.35 bits per heavy atom. The molecule has 0 spiro atoms. The van der Waals surface area contributed by atoms with E-state index in [1.54, 1.807) is 6.07 Å². The molecule has 0 amide bonds. The summed E-state index contributed by atoms with van der Waals surface area (Å²) in [4.78, 5) is 13.6. The number of aromatic nitrogens is 2. The summed E-state index contributed by atoms with van der Waals surface area (Å²) in [6, 6.07) is 18.9. The molecular formula is C27H30ClFN6OS. The van der Waals surface area contributed by atoms with Crippen molar-refractivity contribution in [2.24, 2.45) is 0 Å². The monoisotopic (exact) mass is 540 g/mol. The van der Waals surface area contributed by atoms with E-state index < -0.39 is 0 Å². The van der Waals surface area contributed by atoms with Gasteiger partial charge in [-0.15, -0.1) is 0 Å². The maximum Gasteiger partial charge on any atom is 0.232 e. The minimum atomic E-state index is -0.244. The lowest BCUT2D eigenvalue weighted by Gasteiger charge is -2.38. The van der Waals surface area contributed by atoms with Crippen LogP contribution in [-0.4, -0.2) is 61.0 Å². The molecule has 0 bridgehead atoms. The number of anilines is 3. The van der Waals surface area contributed by atoms with Gasteiger partial charge in [0, 0.05) is 63.1 Å². The van der Waals surface area contributed by atoms with E-state index in [-0.39, 0.29) is 11.2 Å². The minimum absolute atomic E-state index is 0.198. The zero-order valence-electron chi connectivity index (χ0n) is 20.5. The zero-order chi connectivity index (χ0) is 25.7. The molecule has 10 heteroatoms. The van der Waals surface area contributed by atoms with Gasteiger partial charge >= 0.3 is 0 Å². The Balaban J connectivity index is 1.21. The Morgan fingerprint density at radius 2 is 1.65 bits per heavy atom. The van der Waals surface area contributed by atoms with Crippen molar-refractivity contribution in [3.8, 4) is 0 Å². The molecule has 3 aromatic rings. The summed E-state index contributed by atoms with van der Waals surface area (Å²) in [6.07, 6.45) is 1.64. The topological polar surface area (TPSA) is 65.6 Å². The number of ether oxygens (including phenoxy) is 1. The molecule has 37 heavy (non-hydrogen) atoms. The number of para-hydroxylation sites is 1. The summed E-state index contributed by atoms with van der Waals surface area (Å²) >= 11 is 11.9. The molecule has 2 saturated heterocycles. The normalized spacial score (nSPS) is 17.4. The first kappa shape index (κ1) is 25.6. The summed E-state index contributed by atoms with van der Waals surface area (Å²) in [6.45, 7) is 5.32. The summed E-state index contributed by atoms with van der Waals surface area (Å²) in [7, 11) is 0. The third-order valence-corrected chi connectivity index (χ3v) is 7.57. The van der Waals surface area contributed by atoms with Crippen molar-refractivity contribution in [2.75, 3.05) is 61.1 Å². The summed E-state index contributed by atoms with van der Waals surface area (Å²) in [5, 5.41) is 7.19. The quantitative estimate of drug-likeness (QED) is 0.346. The molecule has 7 nitrogen and oxygen atoms in total. The number of nitrogens with one attached hydrogen (secondary N) is 2. The molecule has 3 heterocycles. The van der Waals surface area contributed by atoms with Crippen molar-refractivity contribution in [1.29, 1.82) is 0 Å². The van der Waals surface area contributed by atoms with Gasteiger partial charge in [0.2, 0.25) is 5.95 Å². The maximum absolute atomic E-state index is 13.5. The Morgan fingerprint density at radius 1 is 0.973 bits per heavy atom. The van der Waals surface area contributed by atoms with E-state index >= 15 is 0 Å². The van der Waals surface area contributed by atoms with Crippen LogP contribution >= 0.6 is 23.8 Å². The Hall–Kier alpha value is -3.01. The molecule has 2 N–H and O–H groups in total. The van der Waals surface area contributed by atoms with Crippen molar-refractivity contribution in [3.05, 3.63) is 77.2 Å². The summed E-state index contributed by atoms with van der Waals surface area (Å²) in [5.74, 6) is 0.880. The average molecular weight is 541 g/mol. The van der Waals surface area contributed by atoms with Crippen LogP contribution < -0.4 is 20.4 Å². The number of halogens is 2. The fourth-order valence-electron chi connectivity index (χ4n) is 4.98. The van der Waals surface area contributed by atoms with Crippen LogP contribution in [-0.2, 0) is 10.2 Å². The lowest BCUT2D eigenvalue weighted by atomic mass is 9.74. The largest absolute Gasteiger partial charge is 0.381 e. The minimum Gasteiger partial charge on any atom is -0.381 e. The molecular weight excluding hydrogens is 511 g/mol. The van der Waals surface area contributed by atoms with E-state index in [0.29, 0.717) is 36.0 Å². The van der Waals surface area contributed by atoms with Gasteiger partial charge in [-0.2, -0.15) is 4.98 Å². The number of nitrogens with zero attached hydrogens (tertiary/aromatic N) is 4. The van der Waals surface area contributed by atoms with Crippen molar-refractivity contribution in [1.82, 2.24) is 15.3 Å². The number of thiocarbonyl (C=S) groups is 1. The number of hydrogen-bond acceptors (Lipinski definition) is 6. The van der Waals surface area contributed by atoms with Crippen LogP contribution in [0.1, 0.15) is 18.4 Å². The van der Waals surface area contributed by atoms with Crippen LogP contribution in [0.25, 0.3) is 0 Å². The van der Waals surface area contributed by atoms with Crippen molar-refractivity contribution in [2.45, 2.75) is 18.3 Å². The van der Waals surface area contributed by atoms with Crippen molar-refractivity contribution >= 4 is 46.4 Å². The predicted molar refractivity (Wildman–Crippen MR) is 150 cm³/mol. The van der Waals surface area contributed by atoms with Gasteiger partial charge in [-0.05, 0) is 54.9 Å². The van der Waals surface area contributed by atoms with Gasteiger partial charge in [-0.25, -0.2) is 9.37 Å². The SMILES string of the molecule is Fc1ccc(C2(CNC(=S)Nc3nc(Cl)cc(N4CCN(c5ccccc5)CC4)n3)CCOCC2)cc1. The van der Waals surface area contributed by atoms with Gasteiger partial charge in [0.25, 0.3) is 0 Å². The van der Waals surface area contributed by atoms with Gasteiger partial charge in [-0.3, -0.25) is 0 Å². The van der Waals surface area contributed by atoms with Gasteiger partial charge in [0.05, 0.1) is 0 Å². The van der Waals surface area contributed by atoms with Crippen LogP contribution in [0.5, 0.6) is 0 Å². The predicted octanol–water partition coefficient (Wildman–Crippen LogP) is 4.63. The molecule has 5 rings (SSSR count). The lowest BCUT2D eigenvalue weighted by Crippen LogP contribution is -2.47. The van der Waals surface area contributed by atoms with Gasteiger partial charge in [-0.1, -0.05) is 41.9 Å². The molecule has 0 unspecified atom stereocenters. The maximum atomic E-state index is 13.5. The highest BCUT2D eigenvalue weighted by Gasteiger charge is 2.34. The van der Waals surface area contributed by atoms with Gasteiger partial charge in [0.15, 0.2) is 5.11 Å². The fourth-order valence-corrected chi connectivity index (χ4v) is 5.33. The number of benzene rings is 2. The van der Waals surface area contributed by atoms with E-state index in [2.05, 4.69) is 54.7 Å². The van der Waals surface area contributed by atoms with Crippen molar-refractivity contribution < 1.29 is 9.13 Å². The number of rotatable bonds is 6. The zero-order valence-corrected chi connectivity index (χ0v) is 22.1. The second-order valence-electron chi connectivity index (χ2n) is 9.39. The first-order valence-electron chi connectivity index (χ1n) is 12.5. The Bertz CT molecular complexity index is 1200. The van der Waals surface area contributed by atoms with Crippen molar-refractivity contribution in [3.63, 3.8) is 0 Å². The fraction of sp³-hybridized carbons (Fsp3) is 0.370. The molecule has 2 aliphatic heterocycles. The van der Waals surface area contributed by atoms with E-state index in [9.17, 15) is 4.39 Å². The third kappa shape index (κ3) is 6.29. The van der Waals surface area contributed by atoms with E-state index in [0.717, 1.165) is 50.4 Å².